The second kappa shape index (κ2) is 19.2. The first-order valence-corrected chi connectivity index (χ1v) is 19.9. The van der Waals surface area contributed by atoms with Crippen LogP contribution in [0.5, 0.6) is 5.75 Å². The quantitative estimate of drug-likeness (QED) is 0.131. The Bertz CT molecular complexity index is 2000. The number of ether oxygens (including phenoxy) is 1. The number of fused-ring (bicyclic) bond motifs is 2. The summed E-state index contributed by atoms with van der Waals surface area (Å²) in [5, 5.41) is 5.86. The predicted octanol–water partition coefficient (Wildman–Crippen LogP) is 3.74. The maximum atomic E-state index is 13.6. The Balaban J connectivity index is 0.00000600. The summed E-state index contributed by atoms with van der Waals surface area (Å²) >= 11 is 6.82. The van der Waals surface area contributed by atoms with Crippen molar-refractivity contribution >= 4 is 64.6 Å². The number of halogens is 2. The first kappa shape index (κ1) is 42.7. The first-order valence-electron chi connectivity index (χ1n) is 19.5. The van der Waals surface area contributed by atoms with Gasteiger partial charge in [0.2, 0.25) is 29.5 Å². The van der Waals surface area contributed by atoms with Crippen molar-refractivity contribution in [1.82, 2.24) is 24.7 Å². The summed E-state index contributed by atoms with van der Waals surface area (Å²) in [6, 6.07) is 9.00. The molecule has 5 amide bonds. The lowest BCUT2D eigenvalue weighted by Crippen LogP contribution is -2.56. The molecule has 14 nitrogen and oxygen atoms in total. The van der Waals surface area contributed by atoms with Gasteiger partial charge in [0.15, 0.2) is 0 Å². The van der Waals surface area contributed by atoms with Crippen molar-refractivity contribution < 1.29 is 28.7 Å². The van der Waals surface area contributed by atoms with E-state index in [-0.39, 0.29) is 67.7 Å². The highest BCUT2D eigenvalue weighted by Crippen LogP contribution is 2.32. The monoisotopic (exact) mass is 813 g/mol. The van der Waals surface area contributed by atoms with E-state index in [9.17, 15) is 28.8 Å². The van der Waals surface area contributed by atoms with Gasteiger partial charge in [0.25, 0.3) is 0 Å². The molecule has 3 aliphatic rings. The van der Waals surface area contributed by atoms with Crippen molar-refractivity contribution in [3.8, 4) is 5.75 Å². The zero-order valence-corrected chi connectivity index (χ0v) is 33.4. The molecule has 1 unspecified atom stereocenters. The van der Waals surface area contributed by atoms with Gasteiger partial charge in [-0.2, -0.15) is 0 Å². The molecule has 0 saturated carbocycles. The molecule has 304 valence electrons. The Labute approximate surface area is 337 Å². The van der Waals surface area contributed by atoms with E-state index >= 15 is 0 Å². The van der Waals surface area contributed by atoms with Gasteiger partial charge in [-0.1, -0.05) is 49.1 Å². The van der Waals surface area contributed by atoms with E-state index in [1.165, 1.54) is 4.57 Å². The van der Waals surface area contributed by atoms with Crippen molar-refractivity contribution in [2.24, 2.45) is 18.5 Å². The molecule has 5 atom stereocenters. The summed E-state index contributed by atoms with van der Waals surface area (Å²) in [4.78, 5) is 77.4. The van der Waals surface area contributed by atoms with Crippen LogP contribution in [0.1, 0.15) is 101 Å². The fourth-order valence-corrected chi connectivity index (χ4v) is 8.57. The fraction of sp³-hybridized carbons (Fsp3) is 0.550. The summed E-state index contributed by atoms with van der Waals surface area (Å²) < 4.78 is 9.18. The molecule has 0 spiro atoms. The zero-order valence-electron chi connectivity index (χ0n) is 31.8. The third-order valence-electron chi connectivity index (χ3n) is 11.3. The highest BCUT2D eigenvalue weighted by molar-refractivity contribution is 6.32. The Kier molecular flexibility index (Phi) is 14.6. The van der Waals surface area contributed by atoms with E-state index in [2.05, 4.69) is 10.6 Å². The lowest BCUT2D eigenvalue weighted by molar-refractivity contribution is -0.142. The van der Waals surface area contributed by atoms with E-state index in [4.69, 9.17) is 27.8 Å². The molecule has 56 heavy (non-hydrogen) atoms. The van der Waals surface area contributed by atoms with Gasteiger partial charge >= 0.3 is 5.69 Å². The molecule has 3 saturated heterocycles. The number of carbonyl (C=O) groups is 5. The Morgan fingerprint density at radius 3 is 2.52 bits per heavy atom. The number of nitrogens with zero attached hydrogens (tertiary/aromatic N) is 3. The van der Waals surface area contributed by atoms with Gasteiger partial charge in [0.1, 0.15) is 24.4 Å². The molecular weight excluding hydrogens is 761 g/mol. The average molecular weight is 815 g/mol. The standard InChI is InChI=1S/C40H52ClN7O7.ClH/c1-46-32-22-24(14-17-29(32)48(40(46)54)31-19-21-35(50)45-38(31)52)8-3-2-4-9-25-10-7-13-33(36(25)41)55-23-26(15-20-34(43)49)44-37(51)30-18-16-27-11-5-6-12-28(42)39(53)47(27)30;/h7,10,13-14,17,22,26-28,30-31H,2-6,8-9,11-12,15-16,18-21,23,42H2,1H3,(H2,43,49)(H,44,51)(H,45,50,52);1H/t26-,27-,28-,30-,31?;/m0./s1. The number of hydrogen-bond donors (Lipinski definition) is 4. The molecule has 6 N–H and O–H groups in total. The van der Waals surface area contributed by atoms with Crippen molar-refractivity contribution in [1.29, 1.82) is 0 Å². The van der Waals surface area contributed by atoms with Crippen molar-refractivity contribution in [2.45, 2.75) is 127 Å². The van der Waals surface area contributed by atoms with E-state index < -0.39 is 36.0 Å². The number of imide groups is 1. The van der Waals surface area contributed by atoms with Gasteiger partial charge in [-0.15, -0.1) is 12.4 Å². The number of hydrogen-bond acceptors (Lipinski definition) is 8. The van der Waals surface area contributed by atoms with Crippen LogP contribution in [-0.2, 0) is 43.9 Å². The largest absolute Gasteiger partial charge is 0.490 e. The van der Waals surface area contributed by atoms with Crippen molar-refractivity contribution in [3.05, 3.63) is 63.0 Å². The van der Waals surface area contributed by atoms with Crippen LogP contribution in [-0.4, -0.2) is 74.3 Å². The SMILES string of the molecule is Cl.Cn1c(=O)n(C2CCC(=O)NC2=O)c2ccc(CCCCCc3cccc(OC[C@H](CCC(N)=O)NC(=O)[C@@H]4CC[C@@H]5CCCC[C@H](N)C(=O)N54)c3Cl)cc21. The molecule has 3 aromatic rings. The maximum Gasteiger partial charge on any atom is 0.329 e. The minimum Gasteiger partial charge on any atom is -0.490 e. The van der Waals surface area contributed by atoms with Gasteiger partial charge in [-0.05, 0) is 93.5 Å². The van der Waals surface area contributed by atoms with Crippen LogP contribution in [0.4, 0.5) is 0 Å². The smallest absolute Gasteiger partial charge is 0.329 e. The molecule has 3 fully saturated rings. The van der Waals surface area contributed by atoms with Crippen molar-refractivity contribution in [3.63, 3.8) is 0 Å². The number of piperidine rings is 1. The second-order valence-electron chi connectivity index (χ2n) is 15.2. The summed E-state index contributed by atoms with van der Waals surface area (Å²) in [5.74, 6) is -1.24. The van der Waals surface area contributed by atoms with Gasteiger partial charge in [0, 0.05) is 25.9 Å². The molecule has 0 bridgehead atoms. The Morgan fingerprint density at radius 1 is 0.982 bits per heavy atom. The number of benzene rings is 2. The van der Waals surface area contributed by atoms with E-state index in [0.717, 1.165) is 74.4 Å². The van der Waals surface area contributed by atoms with E-state index in [0.29, 0.717) is 35.6 Å². The molecule has 2 aromatic carbocycles. The number of amides is 5. The van der Waals surface area contributed by atoms with Crippen LogP contribution in [0.2, 0.25) is 5.02 Å². The van der Waals surface area contributed by atoms with Gasteiger partial charge in [-0.25, -0.2) is 4.79 Å². The van der Waals surface area contributed by atoms with Gasteiger partial charge in [0.05, 0.1) is 28.1 Å². The van der Waals surface area contributed by atoms with Crippen LogP contribution in [0, 0.1) is 0 Å². The Hall–Kier alpha value is -4.40. The molecule has 0 aliphatic carbocycles. The van der Waals surface area contributed by atoms with Crippen LogP contribution in [0.3, 0.4) is 0 Å². The van der Waals surface area contributed by atoms with E-state index in [1.807, 2.05) is 30.3 Å². The zero-order chi connectivity index (χ0) is 39.2. The number of primary amides is 1. The number of imidazole rings is 1. The molecule has 0 radical (unpaired) electrons. The maximum absolute atomic E-state index is 13.6. The minimum absolute atomic E-state index is 0. The van der Waals surface area contributed by atoms with Crippen LogP contribution in [0.25, 0.3) is 11.0 Å². The van der Waals surface area contributed by atoms with Crippen molar-refractivity contribution in [2.75, 3.05) is 6.61 Å². The summed E-state index contributed by atoms with van der Waals surface area (Å²) in [7, 11) is 1.69. The summed E-state index contributed by atoms with van der Waals surface area (Å²) in [6.07, 6.45) is 9.74. The highest BCUT2D eigenvalue weighted by atomic mass is 35.5. The number of aryl methyl sites for hydroxylation is 3. The number of nitrogens with two attached hydrogens (primary N) is 2. The third-order valence-corrected chi connectivity index (χ3v) is 11.8. The fourth-order valence-electron chi connectivity index (χ4n) is 8.29. The number of carbonyl (C=O) groups excluding carboxylic acids is 5. The lowest BCUT2D eigenvalue weighted by Gasteiger charge is -2.34. The van der Waals surface area contributed by atoms with Crippen LogP contribution < -0.4 is 32.5 Å². The molecule has 1 aromatic heterocycles. The third kappa shape index (κ3) is 9.75. The second-order valence-corrected chi connectivity index (χ2v) is 15.6. The number of unbranched alkanes of at least 4 members (excludes halogenated alkanes) is 2. The van der Waals surface area contributed by atoms with Gasteiger partial charge < -0.3 is 26.4 Å². The van der Waals surface area contributed by atoms with Crippen LogP contribution in [0.15, 0.2) is 41.2 Å². The molecular formula is C40H53Cl2N7O7. The summed E-state index contributed by atoms with van der Waals surface area (Å²) in [6.45, 7) is 0.0681. The predicted molar refractivity (Wildman–Crippen MR) is 215 cm³/mol. The number of nitrogens with one attached hydrogen (secondary N) is 2. The Morgan fingerprint density at radius 2 is 1.75 bits per heavy atom. The normalized spacial score (nSPS) is 21.8. The topological polar surface area (TPSA) is 201 Å². The molecule has 6 rings (SSSR count). The lowest BCUT2D eigenvalue weighted by atomic mass is 9.99. The number of aromatic nitrogens is 2. The minimum atomic E-state index is -0.716. The number of rotatable bonds is 15. The van der Waals surface area contributed by atoms with E-state index in [1.54, 1.807) is 22.6 Å². The van der Waals surface area contributed by atoms with Crippen LogP contribution >= 0.6 is 24.0 Å². The molecule has 3 aliphatic heterocycles. The average Bonchev–Trinajstić information content (AvgIpc) is 3.68. The summed E-state index contributed by atoms with van der Waals surface area (Å²) in [5.41, 5.74) is 14.8. The van der Waals surface area contributed by atoms with Gasteiger partial charge in [-0.3, -0.25) is 38.4 Å². The molecule has 4 heterocycles. The highest BCUT2D eigenvalue weighted by Gasteiger charge is 2.43. The first-order chi connectivity index (χ1) is 26.4. The molecule has 16 heteroatoms.